The summed E-state index contributed by atoms with van der Waals surface area (Å²) in [6.07, 6.45) is 9.64. The zero-order valence-electron chi connectivity index (χ0n) is 25.8. The number of nitrogens with zero attached hydrogens (tertiary/aromatic N) is 5. The van der Waals surface area contributed by atoms with Gasteiger partial charge < -0.3 is 30.2 Å². The number of imidazole rings is 1. The molecule has 2 amide bonds. The summed E-state index contributed by atoms with van der Waals surface area (Å²) in [7, 11) is 3.38. The summed E-state index contributed by atoms with van der Waals surface area (Å²) in [6, 6.07) is 7.68. The van der Waals surface area contributed by atoms with Crippen molar-refractivity contribution in [2.24, 2.45) is 18.9 Å². The van der Waals surface area contributed by atoms with Crippen molar-refractivity contribution in [1.29, 1.82) is 0 Å². The van der Waals surface area contributed by atoms with Gasteiger partial charge in [-0.25, -0.2) is 9.97 Å². The fourth-order valence-corrected chi connectivity index (χ4v) is 7.20. The van der Waals surface area contributed by atoms with Crippen molar-refractivity contribution >= 4 is 63.4 Å². The lowest BCUT2D eigenvalue weighted by Gasteiger charge is -2.26. The van der Waals surface area contributed by atoms with Crippen LogP contribution in [0.1, 0.15) is 64.9 Å². The molecule has 7 rings (SSSR count). The molecule has 2 atom stereocenters. The van der Waals surface area contributed by atoms with Gasteiger partial charge in [-0.05, 0) is 54.9 Å². The number of halogens is 2. The van der Waals surface area contributed by atoms with Crippen LogP contribution in [0.4, 0.5) is 17.3 Å². The highest BCUT2D eigenvalue weighted by molar-refractivity contribution is 6.39. The smallest absolute Gasteiger partial charge is 0.271 e. The number of carbonyl (C=O) groups excluding carboxylic acids is 2. The number of rotatable bonds is 9. The van der Waals surface area contributed by atoms with Gasteiger partial charge in [-0.3, -0.25) is 14.6 Å². The minimum Gasteiger partial charge on any atom is -0.480 e. The largest absolute Gasteiger partial charge is 0.480 e. The Balaban J connectivity index is 1.15. The van der Waals surface area contributed by atoms with E-state index in [1.165, 1.54) is 32.3 Å². The highest BCUT2D eigenvalue weighted by Crippen LogP contribution is 2.47. The molecule has 13 heteroatoms. The van der Waals surface area contributed by atoms with Crippen molar-refractivity contribution in [2.75, 3.05) is 30.4 Å². The standard InChI is InChI=1S/C33H36Cl2N8O3/c1-42-27-12-26(43-16-19-10-20(19)17-43)22(31(44)38-21-6-4-3-5-7-21)11-24(27)40-33(42)41-30-23(34)9-8-18(29(30)35)13-37-32(45)25-14-36-15-28(39-25)46-2/h8-9,11-12,14-15,19-21H,3-7,10,13,16-17H2,1-2H3,(H,37,45)(H,38,44)(H,40,41). The Morgan fingerprint density at radius 3 is 2.57 bits per heavy atom. The van der Waals surface area contributed by atoms with Crippen LogP contribution >= 0.6 is 23.2 Å². The van der Waals surface area contributed by atoms with Crippen LogP contribution in [0.25, 0.3) is 11.0 Å². The second-order valence-corrected chi connectivity index (χ2v) is 13.3. The average molecular weight is 664 g/mol. The van der Waals surface area contributed by atoms with Gasteiger partial charge in [0.25, 0.3) is 11.8 Å². The SMILES string of the molecule is COc1cncc(C(=O)NCc2ccc(Cl)c(Nc3nc4cc(C(=O)NC5CCCCC5)c(N5CC6CC6C5)cc4n3C)c2Cl)n1. The molecule has 0 radical (unpaired) electrons. The maximum absolute atomic E-state index is 13.7. The van der Waals surface area contributed by atoms with Crippen LogP contribution in [0.15, 0.2) is 36.7 Å². The molecule has 3 aliphatic rings. The topological polar surface area (TPSA) is 126 Å². The van der Waals surface area contributed by atoms with E-state index in [1.54, 1.807) is 12.1 Å². The lowest BCUT2D eigenvalue weighted by Crippen LogP contribution is -2.37. The molecule has 1 aliphatic heterocycles. The zero-order chi connectivity index (χ0) is 31.9. The Morgan fingerprint density at radius 2 is 1.80 bits per heavy atom. The van der Waals surface area contributed by atoms with Crippen LogP contribution < -0.4 is 25.6 Å². The number of anilines is 3. The second kappa shape index (κ2) is 12.6. The Kier molecular flexibility index (Phi) is 8.37. The fraction of sp³-hybridized carbons (Fsp3) is 0.424. The van der Waals surface area contributed by atoms with E-state index in [2.05, 4.69) is 36.9 Å². The summed E-state index contributed by atoms with van der Waals surface area (Å²) in [5.41, 5.74) is 4.44. The number of benzene rings is 2. The molecular formula is C33H36Cl2N8O3. The Bertz CT molecular complexity index is 1810. The minimum atomic E-state index is -0.420. The number of amides is 2. The third-order valence-electron chi connectivity index (χ3n) is 9.40. The van der Waals surface area contributed by atoms with E-state index in [4.69, 9.17) is 32.9 Å². The molecule has 0 bridgehead atoms. The normalized spacial score (nSPS) is 19.2. The van der Waals surface area contributed by atoms with Gasteiger partial charge in [-0.2, -0.15) is 0 Å². The van der Waals surface area contributed by atoms with Crippen molar-refractivity contribution < 1.29 is 14.3 Å². The van der Waals surface area contributed by atoms with E-state index in [0.29, 0.717) is 38.3 Å². The first kappa shape index (κ1) is 30.6. The molecule has 0 spiro atoms. The van der Waals surface area contributed by atoms with Gasteiger partial charge in [0, 0.05) is 32.7 Å². The molecule has 1 saturated heterocycles. The van der Waals surface area contributed by atoms with Crippen LogP contribution in [-0.4, -0.2) is 57.6 Å². The van der Waals surface area contributed by atoms with Crippen LogP contribution in [0.5, 0.6) is 5.88 Å². The van der Waals surface area contributed by atoms with E-state index in [1.807, 2.05) is 17.7 Å². The number of nitrogens with one attached hydrogen (secondary N) is 3. The lowest BCUT2D eigenvalue weighted by atomic mass is 9.95. The molecule has 2 aromatic heterocycles. The van der Waals surface area contributed by atoms with Crippen molar-refractivity contribution in [1.82, 2.24) is 30.2 Å². The molecular weight excluding hydrogens is 627 g/mol. The van der Waals surface area contributed by atoms with Gasteiger partial charge in [-0.15, -0.1) is 0 Å². The Labute approximate surface area is 277 Å². The van der Waals surface area contributed by atoms with Crippen molar-refractivity contribution in [3.05, 3.63) is 63.5 Å². The molecule has 3 heterocycles. The summed E-state index contributed by atoms with van der Waals surface area (Å²) >= 11 is 13.5. The van der Waals surface area contributed by atoms with E-state index < -0.39 is 5.91 Å². The van der Waals surface area contributed by atoms with Gasteiger partial charge in [0.15, 0.2) is 0 Å². The van der Waals surface area contributed by atoms with E-state index >= 15 is 0 Å². The first-order valence-corrected chi connectivity index (χ1v) is 16.5. The summed E-state index contributed by atoms with van der Waals surface area (Å²) in [5, 5.41) is 10.2. The van der Waals surface area contributed by atoms with Crippen molar-refractivity contribution in [3.8, 4) is 5.88 Å². The van der Waals surface area contributed by atoms with Gasteiger partial charge >= 0.3 is 0 Å². The van der Waals surface area contributed by atoms with E-state index in [0.717, 1.165) is 61.8 Å². The van der Waals surface area contributed by atoms with E-state index in [-0.39, 0.29) is 30.1 Å². The predicted octanol–water partition coefficient (Wildman–Crippen LogP) is 5.87. The number of aromatic nitrogens is 4. The van der Waals surface area contributed by atoms with Gasteiger partial charge in [0.1, 0.15) is 5.69 Å². The number of ether oxygens (including phenoxy) is 1. The second-order valence-electron chi connectivity index (χ2n) is 12.5. The first-order valence-electron chi connectivity index (χ1n) is 15.7. The third-order valence-corrected chi connectivity index (χ3v) is 10.2. The number of methoxy groups -OCH3 is 1. The third kappa shape index (κ3) is 6.05. The quantitative estimate of drug-likeness (QED) is 0.203. The molecule has 3 N–H and O–H groups in total. The molecule has 240 valence electrons. The summed E-state index contributed by atoms with van der Waals surface area (Å²) in [6.45, 7) is 2.08. The molecule has 3 fully saturated rings. The number of hydrogen-bond donors (Lipinski definition) is 3. The molecule has 46 heavy (non-hydrogen) atoms. The highest BCUT2D eigenvalue weighted by atomic mass is 35.5. The lowest BCUT2D eigenvalue weighted by molar-refractivity contribution is 0.0925. The van der Waals surface area contributed by atoms with Gasteiger partial charge in [0.05, 0.1) is 57.5 Å². The van der Waals surface area contributed by atoms with E-state index in [9.17, 15) is 9.59 Å². The number of hydrogen-bond acceptors (Lipinski definition) is 8. The first-order chi connectivity index (χ1) is 22.3. The van der Waals surface area contributed by atoms with Gasteiger partial charge in [0.2, 0.25) is 11.8 Å². The minimum absolute atomic E-state index is 0.0368. The maximum Gasteiger partial charge on any atom is 0.271 e. The van der Waals surface area contributed by atoms with Gasteiger partial charge in [-0.1, -0.05) is 48.5 Å². The summed E-state index contributed by atoms with van der Waals surface area (Å²) in [4.78, 5) is 41.8. The number of fused-ring (bicyclic) bond motifs is 2. The molecule has 2 aliphatic carbocycles. The molecule has 2 aromatic carbocycles. The van der Waals surface area contributed by atoms with Crippen LogP contribution in [0.2, 0.25) is 10.0 Å². The number of piperidine rings is 1. The van der Waals surface area contributed by atoms with Crippen LogP contribution in [0.3, 0.4) is 0 Å². The zero-order valence-corrected chi connectivity index (χ0v) is 27.3. The average Bonchev–Trinajstić information content (AvgIpc) is 3.56. The Hall–Kier alpha value is -4.09. The summed E-state index contributed by atoms with van der Waals surface area (Å²) in [5.74, 6) is 1.75. The molecule has 11 nitrogen and oxygen atoms in total. The Morgan fingerprint density at radius 1 is 1.02 bits per heavy atom. The molecule has 2 saturated carbocycles. The number of aryl methyl sites for hydroxylation is 1. The van der Waals surface area contributed by atoms with Crippen molar-refractivity contribution in [3.63, 3.8) is 0 Å². The molecule has 2 unspecified atom stereocenters. The molecule has 4 aromatic rings. The monoisotopic (exact) mass is 662 g/mol. The van der Waals surface area contributed by atoms with Crippen molar-refractivity contribution in [2.45, 2.75) is 51.1 Å². The number of carbonyl (C=O) groups is 2. The predicted molar refractivity (Wildman–Crippen MR) is 178 cm³/mol. The van der Waals surface area contributed by atoms with Crippen LogP contribution in [0, 0.1) is 11.8 Å². The fourth-order valence-electron chi connectivity index (χ4n) is 6.67. The summed E-state index contributed by atoms with van der Waals surface area (Å²) < 4.78 is 7.01. The maximum atomic E-state index is 13.7. The van der Waals surface area contributed by atoms with Crippen LogP contribution in [-0.2, 0) is 13.6 Å². The highest BCUT2D eigenvalue weighted by Gasteiger charge is 2.45.